The zero-order valence-electron chi connectivity index (χ0n) is 18.1. The number of nitrogens with one attached hydrogen (secondary N) is 1. The van der Waals surface area contributed by atoms with Gasteiger partial charge in [0.15, 0.2) is 5.06 Å². The molecular weight excluding hydrogens is 506 g/mol. The average Bonchev–Trinajstić information content (AvgIpc) is 3.30. The summed E-state index contributed by atoms with van der Waals surface area (Å²) in [5.41, 5.74) is 3.94. The van der Waals surface area contributed by atoms with E-state index in [9.17, 15) is 18.3 Å². The molecule has 3 aromatic rings. The van der Waals surface area contributed by atoms with Crippen LogP contribution in [0.1, 0.15) is 22.6 Å². The van der Waals surface area contributed by atoms with Crippen LogP contribution in [0.15, 0.2) is 72.9 Å². The highest BCUT2D eigenvalue weighted by molar-refractivity contribution is 6.34. The topological polar surface area (TPSA) is 32.3 Å². The fourth-order valence-electron chi connectivity index (χ4n) is 4.26. The first-order valence-electron chi connectivity index (χ1n) is 10.4. The van der Waals surface area contributed by atoms with Crippen molar-refractivity contribution in [1.82, 2.24) is 0 Å². The zero-order chi connectivity index (χ0) is 24.8. The Hall–Kier alpha value is -2.18. The lowest BCUT2D eigenvalue weighted by Crippen LogP contribution is -2.13. The van der Waals surface area contributed by atoms with E-state index in [0.717, 1.165) is 5.56 Å². The minimum atomic E-state index is -4.34. The second-order valence-electron chi connectivity index (χ2n) is 8.57. The van der Waals surface area contributed by atoms with E-state index in [1.807, 2.05) is 19.1 Å². The highest BCUT2D eigenvalue weighted by atomic mass is 35.5. The maximum Gasteiger partial charge on any atom is 0.393 e. The minimum absolute atomic E-state index is 0.166. The van der Waals surface area contributed by atoms with Crippen molar-refractivity contribution >= 4 is 40.5 Å². The quantitative estimate of drug-likeness (QED) is 0.316. The highest BCUT2D eigenvalue weighted by Gasteiger charge is 2.65. The van der Waals surface area contributed by atoms with Crippen LogP contribution in [-0.2, 0) is 6.42 Å². The lowest BCUT2D eigenvalue weighted by Gasteiger charge is -2.16. The van der Waals surface area contributed by atoms with E-state index in [4.69, 9.17) is 34.8 Å². The summed E-state index contributed by atoms with van der Waals surface area (Å²) in [6, 6.07) is 16.9. The first kappa shape index (κ1) is 24.9. The third-order valence-corrected chi connectivity index (χ3v) is 6.79. The molecule has 3 atom stereocenters. The SMILES string of the molecule is C=C(Nc1ccc(CC(F)(F)F)c(-c2ccc(C)cc2)c1)C1C(c2cc(Cl)cc(Cl)c2)C1(O)Cl. The highest BCUT2D eigenvalue weighted by Crippen LogP contribution is 2.63. The number of hydrogen-bond donors (Lipinski definition) is 2. The molecule has 1 aliphatic rings. The molecule has 2 N–H and O–H groups in total. The predicted octanol–water partition coefficient (Wildman–Crippen LogP) is 8.34. The van der Waals surface area contributed by atoms with Crippen molar-refractivity contribution < 1.29 is 18.3 Å². The number of hydrogen-bond acceptors (Lipinski definition) is 2. The molecular formula is C26H21Cl3F3NO. The molecule has 0 bridgehead atoms. The molecule has 0 spiro atoms. The van der Waals surface area contributed by atoms with Crippen LogP contribution in [0.4, 0.5) is 18.9 Å². The summed E-state index contributed by atoms with van der Waals surface area (Å²) in [5.74, 6) is -1.05. The third kappa shape index (κ3) is 5.38. The van der Waals surface area contributed by atoms with Crippen molar-refractivity contribution in [3.8, 4) is 11.1 Å². The van der Waals surface area contributed by atoms with Crippen molar-refractivity contribution in [3.05, 3.63) is 99.7 Å². The van der Waals surface area contributed by atoms with Crippen LogP contribution in [-0.4, -0.2) is 16.3 Å². The van der Waals surface area contributed by atoms with Gasteiger partial charge >= 0.3 is 6.18 Å². The summed E-state index contributed by atoms with van der Waals surface area (Å²) >= 11 is 18.5. The van der Waals surface area contributed by atoms with Gasteiger partial charge in [-0.05, 0) is 59.5 Å². The van der Waals surface area contributed by atoms with Crippen LogP contribution >= 0.6 is 34.8 Å². The van der Waals surface area contributed by atoms with Gasteiger partial charge in [-0.15, -0.1) is 0 Å². The van der Waals surface area contributed by atoms with E-state index in [1.54, 1.807) is 42.5 Å². The second-order valence-corrected chi connectivity index (χ2v) is 10.0. The van der Waals surface area contributed by atoms with Gasteiger partial charge in [0.2, 0.25) is 0 Å². The van der Waals surface area contributed by atoms with E-state index in [-0.39, 0.29) is 5.56 Å². The summed E-state index contributed by atoms with van der Waals surface area (Å²) in [4.78, 5) is 0. The Balaban J connectivity index is 1.61. The second kappa shape index (κ2) is 9.12. The first-order chi connectivity index (χ1) is 15.8. The van der Waals surface area contributed by atoms with Crippen LogP contribution in [0.5, 0.6) is 0 Å². The van der Waals surface area contributed by atoms with Crippen LogP contribution in [0.25, 0.3) is 11.1 Å². The van der Waals surface area contributed by atoms with Gasteiger partial charge in [0.05, 0.1) is 12.3 Å². The van der Waals surface area contributed by atoms with Crippen molar-refractivity contribution in [2.24, 2.45) is 5.92 Å². The molecule has 0 aliphatic heterocycles. The third-order valence-electron chi connectivity index (χ3n) is 5.88. The van der Waals surface area contributed by atoms with Crippen molar-refractivity contribution in [2.75, 3.05) is 5.32 Å². The molecule has 1 saturated carbocycles. The van der Waals surface area contributed by atoms with E-state index in [1.165, 1.54) is 6.07 Å². The number of alkyl halides is 4. The Bertz CT molecular complexity index is 1220. The number of benzene rings is 3. The Morgan fingerprint density at radius 1 is 1.03 bits per heavy atom. The Morgan fingerprint density at radius 3 is 2.24 bits per heavy atom. The van der Waals surface area contributed by atoms with Gasteiger partial charge in [-0.3, -0.25) is 0 Å². The molecule has 1 aliphatic carbocycles. The summed E-state index contributed by atoms with van der Waals surface area (Å²) in [6.45, 7) is 5.93. The predicted molar refractivity (Wildman–Crippen MR) is 133 cm³/mol. The van der Waals surface area contributed by atoms with E-state index < -0.39 is 29.5 Å². The monoisotopic (exact) mass is 525 g/mol. The first-order valence-corrected chi connectivity index (χ1v) is 11.6. The standard InChI is InChI=1S/C26H21Cl3F3NO/c1-14-3-5-16(6-4-14)22-12-21(8-7-17(22)13-25(30,31)32)33-15(2)23-24(26(23,29)34)18-9-19(27)11-20(28)10-18/h3-12,23-24,33-34H,2,13H2,1H3. The molecule has 0 saturated heterocycles. The number of halogens is 6. The summed E-state index contributed by atoms with van der Waals surface area (Å²) in [6.07, 6.45) is -5.38. The molecule has 8 heteroatoms. The number of aryl methyl sites for hydroxylation is 1. The van der Waals surface area contributed by atoms with Gasteiger partial charge in [0.1, 0.15) is 0 Å². The smallest absolute Gasteiger partial charge is 0.374 e. The minimum Gasteiger partial charge on any atom is -0.374 e. The largest absolute Gasteiger partial charge is 0.393 e. The zero-order valence-corrected chi connectivity index (χ0v) is 20.3. The number of rotatable bonds is 6. The number of anilines is 1. The summed E-state index contributed by atoms with van der Waals surface area (Å²) < 4.78 is 39.5. The van der Waals surface area contributed by atoms with Crippen LogP contribution in [0.2, 0.25) is 10.0 Å². The summed E-state index contributed by atoms with van der Waals surface area (Å²) in [7, 11) is 0. The average molecular weight is 527 g/mol. The molecule has 1 fully saturated rings. The maximum atomic E-state index is 13.2. The maximum absolute atomic E-state index is 13.2. The molecule has 0 heterocycles. The fourth-order valence-corrected chi connectivity index (χ4v) is 5.25. The van der Waals surface area contributed by atoms with E-state index in [2.05, 4.69) is 11.9 Å². The van der Waals surface area contributed by atoms with Crippen molar-refractivity contribution in [3.63, 3.8) is 0 Å². The van der Waals surface area contributed by atoms with Gasteiger partial charge < -0.3 is 10.4 Å². The van der Waals surface area contributed by atoms with Crippen molar-refractivity contribution in [1.29, 1.82) is 0 Å². The normalized spacial score (nSPS) is 21.9. The number of aliphatic hydroxyl groups is 1. The molecule has 0 amide bonds. The molecule has 3 aromatic carbocycles. The van der Waals surface area contributed by atoms with E-state index in [0.29, 0.717) is 38.1 Å². The van der Waals surface area contributed by atoms with Gasteiger partial charge in [-0.25, -0.2) is 0 Å². The van der Waals surface area contributed by atoms with Gasteiger partial charge in [-0.2, -0.15) is 13.2 Å². The molecule has 34 heavy (non-hydrogen) atoms. The molecule has 3 unspecified atom stereocenters. The Labute approximate surface area is 211 Å². The van der Waals surface area contributed by atoms with E-state index >= 15 is 0 Å². The van der Waals surface area contributed by atoms with Gasteiger partial charge in [0, 0.05) is 27.3 Å². The lowest BCUT2D eigenvalue weighted by atomic mass is 9.96. The van der Waals surface area contributed by atoms with Crippen LogP contribution < -0.4 is 5.32 Å². The van der Waals surface area contributed by atoms with Gasteiger partial charge in [0.25, 0.3) is 0 Å². The molecule has 0 radical (unpaired) electrons. The molecule has 4 rings (SSSR count). The van der Waals surface area contributed by atoms with Crippen LogP contribution in [0, 0.1) is 12.8 Å². The van der Waals surface area contributed by atoms with Crippen molar-refractivity contribution in [2.45, 2.75) is 30.5 Å². The Kier molecular flexibility index (Phi) is 6.69. The van der Waals surface area contributed by atoms with Gasteiger partial charge in [-0.1, -0.05) is 77.3 Å². The molecule has 2 nitrogen and oxygen atoms in total. The summed E-state index contributed by atoms with van der Waals surface area (Å²) in [5, 5.41) is 13.1. The lowest BCUT2D eigenvalue weighted by molar-refractivity contribution is -0.127. The molecule has 0 aromatic heterocycles. The fraction of sp³-hybridized carbons (Fsp3) is 0.231. The molecule has 178 valence electrons. The Morgan fingerprint density at radius 2 is 1.65 bits per heavy atom. The van der Waals surface area contributed by atoms with Crippen LogP contribution in [0.3, 0.4) is 0 Å².